The number of amides is 2. The molecule has 158 valence electrons. The van der Waals surface area contributed by atoms with E-state index in [1.807, 2.05) is 30.5 Å². The van der Waals surface area contributed by atoms with Gasteiger partial charge in [-0.1, -0.05) is 12.1 Å². The van der Waals surface area contributed by atoms with Crippen molar-refractivity contribution in [2.45, 2.75) is 32.7 Å². The highest BCUT2D eigenvalue weighted by Crippen LogP contribution is 2.14. The third-order valence-corrected chi connectivity index (χ3v) is 6.27. The molecule has 0 unspecified atom stereocenters. The summed E-state index contributed by atoms with van der Waals surface area (Å²) in [6.45, 7) is 4.52. The fourth-order valence-electron chi connectivity index (χ4n) is 3.70. The number of aromatic nitrogens is 2. The van der Waals surface area contributed by atoms with Gasteiger partial charge in [-0.2, -0.15) is 0 Å². The van der Waals surface area contributed by atoms with Crippen LogP contribution < -0.4 is 5.76 Å². The van der Waals surface area contributed by atoms with E-state index in [4.69, 9.17) is 4.42 Å². The lowest BCUT2D eigenvalue weighted by atomic mass is 10.2. The number of hydrogen-bond acceptors (Lipinski definition) is 6. The monoisotopic (exact) mass is 428 g/mol. The van der Waals surface area contributed by atoms with Crippen LogP contribution in [0.3, 0.4) is 0 Å². The number of fused-ring (bicyclic) bond motifs is 1. The van der Waals surface area contributed by atoms with E-state index in [9.17, 15) is 14.4 Å². The average molecular weight is 429 g/mol. The molecule has 0 atom stereocenters. The minimum Gasteiger partial charge on any atom is -0.408 e. The number of oxazole rings is 1. The maximum Gasteiger partial charge on any atom is 0.419 e. The number of aryl methyl sites for hydroxylation is 2. The second-order valence-corrected chi connectivity index (χ2v) is 8.35. The zero-order valence-corrected chi connectivity index (χ0v) is 17.7. The van der Waals surface area contributed by atoms with Gasteiger partial charge in [-0.3, -0.25) is 14.2 Å². The summed E-state index contributed by atoms with van der Waals surface area (Å²) in [4.78, 5) is 44.9. The normalized spacial score (nSPS) is 14.4. The molecule has 0 spiro atoms. The maximum absolute atomic E-state index is 12.5. The molecule has 1 aliphatic heterocycles. The first-order chi connectivity index (χ1) is 14.5. The Labute approximate surface area is 177 Å². The van der Waals surface area contributed by atoms with Crippen molar-refractivity contribution < 1.29 is 14.0 Å². The van der Waals surface area contributed by atoms with Crippen molar-refractivity contribution in [2.75, 3.05) is 26.2 Å². The standard InChI is InChI=1S/C21H24N4O4S/c1-15-14-30-18(22-15)13-20(27)24-11-9-23(10-12-24)19(26)7-4-8-25-16-5-2-3-6-17(16)29-21(25)28/h2-3,5-6,14H,4,7-13H2,1H3. The summed E-state index contributed by atoms with van der Waals surface area (Å²) in [5.41, 5.74) is 2.24. The molecular weight excluding hydrogens is 404 g/mol. The molecule has 1 fully saturated rings. The number of para-hydroxylation sites is 2. The number of nitrogens with zero attached hydrogens (tertiary/aromatic N) is 4. The average Bonchev–Trinajstić information content (AvgIpc) is 3.30. The van der Waals surface area contributed by atoms with E-state index in [2.05, 4.69) is 4.98 Å². The number of benzene rings is 1. The Hall–Kier alpha value is -2.94. The largest absolute Gasteiger partial charge is 0.419 e. The molecule has 0 aliphatic carbocycles. The van der Waals surface area contributed by atoms with E-state index in [-0.39, 0.29) is 11.8 Å². The maximum atomic E-state index is 12.5. The third-order valence-electron chi connectivity index (χ3n) is 5.30. The van der Waals surface area contributed by atoms with Crippen molar-refractivity contribution in [1.82, 2.24) is 19.4 Å². The van der Waals surface area contributed by atoms with Gasteiger partial charge >= 0.3 is 5.76 Å². The van der Waals surface area contributed by atoms with Crippen LogP contribution in [0.25, 0.3) is 11.1 Å². The van der Waals surface area contributed by atoms with E-state index < -0.39 is 5.76 Å². The smallest absolute Gasteiger partial charge is 0.408 e. The zero-order chi connectivity index (χ0) is 21.1. The van der Waals surface area contributed by atoms with Gasteiger partial charge in [-0.15, -0.1) is 11.3 Å². The second-order valence-electron chi connectivity index (χ2n) is 7.41. The summed E-state index contributed by atoms with van der Waals surface area (Å²) in [5, 5.41) is 2.78. The predicted octanol–water partition coefficient (Wildman–Crippen LogP) is 2.05. The van der Waals surface area contributed by atoms with Crippen LogP contribution in [0.5, 0.6) is 0 Å². The van der Waals surface area contributed by atoms with Gasteiger partial charge in [-0.25, -0.2) is 9.78 Å². The predicted molar refractivity (Wildman–Crippen MR) is 113 cm³/mol. The molecule has 4 rings (SSSR count). The molecule has 2 aromatic heterocycles. The Morgan fingerprint density at radius 2 is 1.80 bits per heavy atom. The van der Waals surface area contributed by atoms with Crippen LogP contribution in [0.1, 0.15) is 23.5 Å². The second kappa shape index (κ2) is 8.83. The molecule has 3 heterocycles. The van der Waals surface area contributed by atoms with Crippen molar-refractivity contribution in [3.8, 4) is 0 Å². The summed E-state index contributed by atoms with van der Waals surface area (Å²) >= 11 is 1.50. The summed E-state index contributed by atoms with van der Waals surface area (Å²) in [5.74, 6) is -0.285. The molecule has 1 aromatic carbocycles. The van der Waals surface area contributed by atoms with Crippen molar-refractivity contribution in [3.63, 3.8) is 0 Å². The molecule has 0 bridgehead atoms. The number of rotatable bonds is 6. The summed E-state index contributed by atoms with van der Waals surface area (Å²) in [7, 11) is 0. The van der Waals surface area contributed by atoms with Gasteiger partial charge in [0.1, 0.15) is 5.01 Å². The van der Waals surface area contributed by atoms with E-state index in [1.165, 1.54) is 11.3 Å². The van der Waals surface area contributed by atoms with Gasteiger partial charge in [0.05, 0.1) is 11.9 Å². The molecule has 8 nitrogen and oxygen atoms in total. The minimum absolute atomic E-state index is 0.0542. The van der Waals surface area contributed by atoms with E-state index in [0.29, 0.717) is 57.6 Å². The quantitative estimate of drug-likeness (QED) is 0.600. The van der Waals surface area contributed by atoms with Crippen molar-refractivity contribution in [3.05, 3.63) is 50.9 Å². The van der Waals surface area contributed by atoms with Crippen LogP contribution in [0.15, 0.2) is 38.9 Å². The number of piperazine rings is 1. The lowest BCUT2D eigenvalue weighted by molar-refractivity contribution is -0.139. The lowest BCUT2D eigenvalue weighted by Crippen LogP contribution is -2.51. The van der Waals surface area contributed by atoms with E-state index in [0.717, 1.165) is 16.2 Å². The van der Waals surface area contributed by atoms with E-state index in [1.54, 1.807) is 20.4 Å². The van der Waals surface area contributed by atoms with Gasteiger partial charge in [0, 0.05) is 50.2 Å². The molecule has 1 aliphatic rings. The van der Waals surface area contributed by atoms with Crippen LogP contribution in [0, 0.1) is 6.92 Å². The topological polar surface area (TPSA) is 88.7 Å². The number of carbonyl (C=O) groups excluding carboxylic acids is 2. The van der Waals surface area contributed by atoms with Crippen molar-refractivity contribution >= 4 is 34.3 Å². The van der Waals surface area contributed by atoms with Crippen LogP contribution in [0.2, 0.25) is 0 Å². The fraction of sp³-hybridized carbons (Fsp3) is 0.429. The van der Waals surface area contributed by atoms with Gasteiger partial charge in [0.15, 0.2) is 5.58 Å². The molecule has 2 amide bonds. The van der Waals surface area contributed by atoms with Crippen LogP contribution in [0.4, 0.5) is 0 Å². The van der Waals surface area contributed by atoms with Crippen LogP contribution >= 0.6 is 11.3 Å². The SMILES string of the molecule is Cc1csc(CC(=O)N2CCN(C(=O)CCCn3c(=O)oc4ccccc43)CC2)n1. The van der Waals surface area contributed by atoms with Crippen molar-refractivity contribution in [1.29, 1.82) is 0 Å². The number of hydrogen-bond donors (Lipinski definition) is 0. The summed E-state index contributed by atoms with van der Waals surface area (Å²) in [6, 6.07) is 7.27. The van der Waals surface area contributed by atoms with Gasteiger partial charge in [-0.05, 0) is 25.5 Å². The first-order valence-electron chi connectivity index (χ1n) is 10.1. The molecular formula is C21H24N4O4S. The number of carbonyl (C=O) groups is 2. The van der Waals surface area contributed by atoms with Gasteiger partial charge < -0.3 is 14.2 Å². The molecule has 0 radical (unpaired) electrons. The molecule has 9 heteroatoms. The fourth-order valence-corrected chi connectivity index (χ4v) is 4.47. The van der Waals surface area contributed by atoms with Gasteiger partial charge in [0.25, 0.3) is 0 Å². The Balaban J connectivity index is 1.24. The molecule has 0 N–H and O–H groups in total. The molecule has 0 saturated carbocycles. The Bertz CT molecular complexity index is 1110. The molecule has 30 heavy (non-hydrogen) atoms. The highest BCUT2D eigenvalue weighted by molar-refractivity contribution is 7.09. The molecule has 1 saturated heterocycles. The minimum atomic E-state index is -0.397. The zero-order valence-electron chi connectivity index (χ0n) is 16.9. The summed E-state index contributed by atoms with van der Waals surface area (Å²) < 4.78 is 6.79. The highest BCUT2D eigenvalue weighted by Gasteiger charge is 2.24. The van der Waals surface area contributed by atoms with E-state index >= 15 is 0 Å². The van der Waals surface area contributed by atoms with Crippen LogP contribution in [-0.2, 0) is 22.6 Å². The Morgan fingerprint density at radius 3 is 2.50 bits per heavy atom. The van der Waals surface area contributed by atoms with Crippen molar-refractivity contribution in [2.24, 2.45) is 0 Å². The number of thiazole rings is 1. The summed E-state index contributed by atoms with van der Waals surface area (Å²) in [6.07, 6.45) is 1.24. The highest BCUT2D eigenvalue weighted by atomic mass is 32.1. The Morgan fingerprint density at radius 1 is 1.10 bits per heavy atom. The first kappa shape index (κ1) is 20.3. The lowest BCUT2D eigenvalue weighted by Gasteiger charge is -2.34. The Kier molecular flexibility index (Phi) is 5.98. The first-order valence-corrected chi connectivity index (χ1v) is 10.9. The molecule has 3 aromatic rings. The third kappa shape index (κ3) is 4.46. The van der Waals surface area contributed by atoms with Gasteiger partial charge in [0.2, 0.25) is 11.8 Å². The van der Waals surface area contributed by atoms with Crippen LogP contribution in [-0.4, -0.2) is 57.3 Å².